The smallest absolute Gasteiger partial charge is 0.327 e. The molecule has 2 fully saturated rings. The highest BCUT2D eigenvalue weighted by molar-refractivity contribution is 8.14. The molecule has 2 aromatic rings. The summed E-state index contributed by atoms with van der Waals surface area (Å²) >= 11 is 1.21. The van der Waals surface area contributed by atoms with Crippen LogP contribution in [0.2, 0.25) is 0 Å². The maximum absolute atomic E-state index is 14.8. The molecular formula is C23H27ClFN5O4S. The van der Waals surface area contributed by atoms with Gasteiger partial charge >= 0.3 is 5.97 Å². The van der Waals surface area contributed by atoms with E-state index in [0.717, 1.165) is 18.4 Å². The lowest BCUT2D eigenvalue weighted by molar-refractivity contribution is -0.141. The Kier molecular flexibility index (Phi) is 9.15. The molecule has 1 saturated heterocycles. The minimum atomic E-state index is -0.702. The molecule has 35 heavy (non-hydrogen) atoms. The van der Waals surface area contributed by atoms with Gasteiger partial charge in [-0.3, -0.25) is 19.3 Å². The molecule has 2 unspecified atom stereocenters. The zero-order chi connectivity index (χ0) is 24.2. The third-order valence-corrected chi connectivity index (χ3v) is 7.14. The maximum atomic E-state index is 14.8. The molecule has 12 heteroatoms. The number of rotatable bonds is 8. The number of benzene rings is 1. The zero-order valence-electron chi connectivity index (χ0n) is 19.4. The lowest BCUT2D eigenvalue weighted by atomic mass is 9.93. The van der Waals surface area contributed by atoms with Crippen LogP contribution in [0.25, 0.3) is 6.08 Å². The van der Waals surface area contributed by atoms with E-state index in [2.05, 4.69) is 15.5 Å². The number of Topliss-reactive ketones (excluding diaryl/α,β-unsaturated/α-hetero) is 1. The third-order valence-electron chi connectivity index (χ3n) is 5.98. The number of tetrazole rings is 1. The van der Waals surface area contributed by atoms with Crippen LogP contribution in [0.15, 0.2) is 29.8 Å². The van der Waals surface area contributed by atoms with Gasteiger partial charge in [0.05, 0.1) is 13.2 Å². The fraction of sp³-hybridized carbons (Fsp3) is 0.478. The minimum absolute atomic E-state index is 0. The second-order valence-electron chi connectivity index (χ2n) is 8.45. The van der Waals surface area contributed by atoms with Crippen molar-refractivity contribution < 1.29 is 23.5 Å². The number of esters is 1. The Morgan fingerprint density at radius 2 is 2.00 bits per heavy atom. The second kappa shape index (κ2) is 11.9. The monoisotopic (exact) mass is 523 g/mol. The lowest BCUT2D eigenvalue weighted by Gasteiger charge is -2.38. The molecule has 0 bridgehead atoms. The topological polar surface area (TPSA) is 107 Å². The predicted molar refractivity (Wildman–Crippen MR) is 130 cm³/mol. The van der Waals surface area contributed by atoms with Gasteiger partial charge in [0.1, 0.15) is 12.4 Å². The summed E-state index contributed by atoms with van der Waals surface area (Å²) in [5.41, 5.74) is 1.20. The number of ketones is 1. The largest absolute Gasteiger partial charge is 0.468 e. The first-order valence-electron chi connectivity index (χ1n) is 11.1. The SMILES string of the molecule is COC(=O)Cn1nnnc1C=C1CN(C(C(=O)C2CC2)c2ccccc2F)CCC1SC(C)=O.Cl. The molecule has 0 radical (unpaired) electrons. The second-order valence-corrected chi connectivity index (χ2v) is 9.83. The molecule has 1 aromatic carbocycles. The van der Waals surface area contributed by atoms with Crippen molar-refractivity contribution in [1.82, 2.24) is 25.1 Å². The van der Waals surface area contributed by atoms with E-state index in [9.17, 15) is 18.8 Å². The number of piperidine rings is 1. The number of hydrogen-bond acceptors (Lipinski definition) is 9. The number of hydrogen-bond donors (Lipinski definition) is 0. The summed E-state index contributed by atoms with van der Waals surface area (Å²) < 4.78 is 20.8. The van der Waals surface area contributed by atoms with E-state index < -0.39 is 17.8 Å². The highest BCUT2D eigenvalue weighted by Gasteiger charge is 2.41. The first-order valence-corrected chi connectivity index (χ1v) is 12.0. The Balaban J connectivity index is 0.00000342. The first-order chi connectivity index (χ1) is 16.4. The van der Waals surface area contributed by atoms with Crippen LogP contribution in [0.3, 0.4) is 0 Å². The molecule has 1 aromatic heterocycles. The number of likely N-dealkylation sites (tertiary alicyclic amines) is 1. The van der Waals surface area contributed by atoms with Crippen molar-refractivity contribution in [2.24, 2.45) is 5.92 Å². The van der Waals surface area contributed by atoms with Gasteiger partial charge in [-0.25, -0.2) is 9.07 Å². The highest BCUT2D eigenvalue weighted by atomic mass is 35.5. The Labute approximate surface area is 212 Å². The molecule has 1 saturated carbocycles. The summed E-state index contributed by atoms with van der Waals surface area (Å²) in [7, 11) is 1.28. The fourth-order valence-corrected chi connectivity index (χ4v) is 5.09. The lowest BCUT2D eigenvalue weighted by Crippen LogP contribution is -2.43. The Hall–Kier alpha value is -2.63. The summed E-state index contributed by atoms with van der Waals surface area (Å²) in [6, 6.07) is 5.68. The van der Waals surface area contributed by atoms with Crippen LogP contribution < -0.4 is 0 Å². The molecule has 2 aliphatic rings. The van der Waals surface area contributed by atoms with Gasteiger partial charge in [-0.15, -0.1) is 17.5 Å². The number of nitrogens with zero attached hydrogens (tertiary/aromatic N) is 5. The van der Waals surface area contributed by atoms with E-state index >= 15 is 0 Å². The van der Waals surface area contributed by atoms with Crippen LogP contribution in [0, 0.1) is 11.7 Å². The van der Waals surface area contributed by atoms with E-state index in [0.29, 0.717) is 30.9 Å². The zero-order valence-corrected chi connectivity index (χ0v) is 21.1. The molecule has 4 rings (SSSR count). The molecule has 0 N–H and O–H groups in total. The van der Waals surface area contributed by atoms with Crippen LogP contribution in [0.1, 0.15) is 43.6 Å². The number of aromatic nitrogens is 4. The quantitative estimate of drug-likeness (QED) is 0.482. The standard InChI is InChI=1S/C23H26FN5O4S.ClH/c1-14(30)34-19-9-10-28(12-16(19)11-20-25-26-27-29(20)13-21(31)33-2)22(23(32)15-7-8-15)17-5-3-4-6-18(17)24;/h3-6,11,15,19,22H,7-10,12-13H2,1-2H3;1H. The molecule has 188 valence electrons. The average molecular weight is 524 g/mol. The van der Waals surface area contributed by atoms with Crippen molar-refractivity contribution in [3.05, 3.63) is 47.0 Å². The number of methoxy groups -OCH3 is 1. The summed E-state index contributed by atoms with van der Waals surface area (Å²) in [6.45, 7) is 2.23. The van der Waals surface area contributed by atoms with Crippen molar-refractivity contribution in [3.8, 4) is 0 Å². The van der Waals surface area contributed by atoms with Gasteiger partial charge in [0, 0.05) is 36.7 Å². The Bertz CT molecular complexity index is 1120. The number of ether oxygens (including phenoxy) is 1. The van der Waals surface area contributed by atoms with E-state index in [1.807, 2.05) is 4.90 Å². The maximum Gasteiger partial charge on any atom is 0.327 e. The number of halogens is 2. The fourth-order valence-electron chi connectivity index (χ4n) is 4.18. The highest BCUT2D eigenvalue weighted by Crippen LogP contribution is 2.40. The molecular weight excluding hydrogens is 497 g/mol. The summed E-state index contributed by atoms with van der Waals surface area (Å²) in [6.07, 6.45) is 3.99. The molecule has 2 heterocycles. The molecule has 9 nitrogen and oxygen atoms in total. The van der Waals surface area contributed by atoms with Gasteiger partial charge in [-0.2, -0.15) is 0 Å². The third kappa shape index (κ3) is 6.53. The number of carbonyl (C=O) groups excluding carboxylic acids is 3. The van der Waals surface area contributed by atoms with Crippen molar-refractivity contribution in [2.45, 2.75) is 44.0 Å². The van der Waals surface area contributed by atoms with Gasteiger partial charge < -0.3 is 4.74 Å². The molecule has 0 amide bonds. The van der Waals surface area contributed by atoms with Gasteiger partial charge in [-0.1, -0.05) is 30.0 Å². The van der Waals surface area contributed by atoms with E-state index in [1.54, 1.807) is 24.3 Å². The normalized spacial score (nSPS) is 20.2. The summed E-state index contributed by atoms with van der Waals surface area (Å²) in [5, 5.41) is 11.3. The van der Waals surface area contributed by atoms with Gasteiger partial charge in [0.2, 0.25) is 0 Å². The molecule has 1 aliphatic carbocycles. The van der Waals surface area contributed by atoms with Gasteiger partial charge in [-0.05, 0) is 47.4 Å². The summed E-state index contributed by atoms with van der Waals surface area (Å²) in [4.78, 5) is 38.9. The first kappa shape index (κ1) is 27.0. The number of thioether (sulfide) groups is 1. The van der Waals surface area contributed by atoms with Crippen molar-refractivity contribution in [1.29, 1.82) is 0 Å². The minimum Gasteiger partial charge on any atom is -0.468 e. The van der Waals surface area contributed by atoms with Crippen molar-refractivity contribution in [3.63, 3.8) is 0 Å². The van der Waals surface area contributed by atoms with Crippen LogP contribution >= 0.6 is 24.2 Å². The van der Waals surface area contributed by atoms with E-state index in [1.165, 1.54) is 36.5 Å². The van der Waals surface area contributed by atoms with E-state index in [4.69, 9.17) is 4.74 Å². The Morgan fingerprint density at radius 3 is 2.66 bits per heavy atom. The molecule has 0 spiro atoms. The number of carbonyl (C=O) groups is 3. The van der Waals surface area contributed by atoms with Crippen molar-refractivity contribution >= 4 is 47.1 Å². The van der Waals surface area contributed by atoms with Crippen molar-refractivity contribution in [2.75, 3.05) is 20.2 Å². The Morgan fingerprint density at radius 1 is 1.26 bits per heavy atom. The van der Waals surface area contributed by atoms with Crippen LogP contribution in [0.5, 0.6) is 0 Å². The molecule has 2 atom stereocenters. The van der Waals surface area contributed by atoms with Gasteiger partial charge in [0.15, 0.2) is 16.7 Å². The summed E-state index contributed by atoms with van der Waals surface area (Å²) in [5.74, 6) is -0.588. The van der Waals surface area contributed by atoms with E-state index in [-0.39, 0.29) is 41.0 Å². The average Bonchev–Trinajstić information content (AvgIpc) is 3.58. The van der Waals surface area contributed by atoms with Crippen LogP contribution in [0.4, 0.5) is 4.39 Å². The predicted octanol–water partition coefficient (Wildman–Crippen LogP) is 2.86. The molecule has 1 aliphatic heterocycles. The van der Waals surface area contributed by atoms with Gasteiger partial charge in [0.25, 0.3) is 0 Å². The van der Waals surface area contributed by atoms with Crippen LogP contribution in [-0.4, -0.2) is 67.4 Å². The van der Waals surface area contributed by atoms with Crippen LogP contribution in [-0.2, 0) is 25.7 Å².